The molecular formula is C12H17NO. The number of benzene rings is 1. The lowest BCUT2D eigenvalue weighted by Gasteiger charge is -2.10. The predicted octanol–water partition coefficient (Wildman–Crippen LogP) is 3.07. The van der Waals surface area contributed by atoms with E-state index in [4.69, 9.17) is 4.74 Å². The Kier molecular flexibility index (Phi) is 4.05. The Morgan fingerprint density at radius 1 is 1.43 bits per heavy atom. The number of rotatable bonds is 5. The van der Waals surface area contributed by atoms with E-state index in [2.05, 4.69) is 11.9 Å². The van der Waals surface area contributed by atoms with Crippen LogP contribution < -0.4 is 10.1 Å². The maximum atomic E-state index is 5.22. The first-order chi connectivity index (χ1) is 6.74. The summed E-state index contributed by atoms with van der Waals surface area (Å²) in [6.45, 7) is 6.79. The third kappa shape index (κ3) is 3.13. The monoisotopic (exact) mass is 191 g/mol. The van der Waals surface area contributed by atoms with Crippen LogP contribution in [0.15, 0.2) is 36.4 Å². The van der Waals surface area contributed by atoms with E-state index in [1.165, 1.54) is 5.57 Å². The molecule has 0 aliphatic rings. The van der Waals surface area contributed by atoms with Gasteiger partial charge in [0.1, 0.15) is 5.75 Å². The zero-order chi connectivity index (χ0) is 10.4. The van der Waals surface area contributed by atoms with Crippen molar-refractivity contribution in [1.82, 2.24) is 0 Å². The zero-order valence-electron chi connectivity index (χ0n) is 8.84. The van der Waals surface area contributed by atoms with Crippen LogP contribution >= 0.6 is 0 Å². The summed E-state index contributed by atoms with van der Waals surface area (Å²) in [7, 11) is 1.68. The van der Waals surface area contributed by atoms with Crippen molar-refractivity contribution in [2.45, 2.75) is 13.3 Å². The van der Waals surface area contributed by atoms with Gasteiger partial charge in [0.15, 0.2) is 0 Å². The molecule has 0 aliphatic heterocycles. The van der Waals surface area contributed by atoms with Gasteiger partial charge in [0.25, 0.3) is 0 Å². The van der Waals surface area contributed by atoms with E-state index in [1.807, 2.05) is 31.2 Å². The van der Waals surface area contributed by atoms with Gasteiger partial charge in [0.2, 0.25) is 0 Å². The maximum absolute atomic E-state index is 5.22. The first-order valence-corrected chi connectivity index (χ1v) is 4.75. The van der Waals surface area contributed by atoms with Gasteiger partial charge >= 0.3 is 0 Å². The van der Waals surface area contributed by atoms with Crippen LogP contribution in [0.25, 0.3) is 0 Å². The maximum Gasteiger partial charge on any atom is 0.141 e. The van der Waals surface area contributed by atoms with Crippen molar-refractivity contribution in [1.29, 1.82) is 0 Å². The Hall–Kier alpha value is -1.44. The van der Waals surface area contributed by atoms with Gasteiger partial charge in [-0.1, -0.05) is 17.7 Å². The molecular weight excluding hydrogens is 174 g/mol. The first-order valence-electron chi connectivity index (χ1n) is 4.75. The molecule has 0 atom stereocenters. The van der Waals surface area contributed by atoms with Gasteiger partial charge < -0.3 is 10.1 Å². The minimum Gasteiger partial charge on any atom is -0.495 e. The Morgan fingerprint density at radius 2 is 2.14 bits per heavy atom. The van der Waals surface area contributed by atoms with E-state index in [0.717, 1.165) is 24.4 Å². The highest BCUT2D eigenvalue weighted by Crippen LogP contribution is 2.22. The summed E-state index contributed by atoms with van der Waals surface area (Å²) >= 11 is 0. The van der Waals surface area contributed by atoms with Crippen molar-refractivity contribution in [3.8, 4) is 5.75 Å². The highest BCUT2D eigenvalue weighted by molar-refractivity contribution is 5.56. The molecule has 1 aromatic rings. The lowest BCUT2D eigenvalue weighted by Crippen LogP contribution is -2.03. The van der Waals surface area contributed by atoms with Crippen molar-refractivity contribution < 1.29 is 4.74 Å². The molecule has 0 fully saturated rings. The summed E-state index contributed by atoms with van der Waals surface area (Å²) in [6.07, 6.45) is 0.984. The molecule has 1 N–H and O–H groups in total. The molecule has 0 amide bonds. The summed E-state index contributed by atoms with van der Waals surface area (Å²) in [6, 6.07) is 7.91. The summed E-state index contributed by atoms with van der Waals surface area (Å²) in [5.74, 6) is 0.884. The summed E-state index contributed by atoms with van der Waals surface area (Å²) < 4.78 is 5.22. The van der Waals surface area contributed by atoms with Crippen molar-refractivity contribution in [3.63, 3.8) is 0 Å². The van der Waals surface area contributed by atoms with Gasteiger partial charge in [-0.2, -0.15) is 0 Å². The third-order valence-electron chi connectivity index (χ3n) is 1.97. The van der Waals surface area contributed by atoms with Gasteiger partial charge in [-0.05, 0) is 25.5 Å². The van der Waals surface area contributed by atoms with Crippen molar-refractivity contribution in [2.75, 3.05) is 19.0 Å². The normalized spacial score (nSPS) is 9.57. The Labute approximate surface area is 85.6 Å². The molecule has 1 rings (SSSR count). The summed E-state index contributed by atoms with van der Waals surface area (Å²) in [5.41, 5.74) is 2.23. The molecule has 14 heavy (non-hydrogen) atoms. The van der Waals surface area contributed by atoms with E-state index in [0.29, 0.717) is 0 Å². The van der Waals surface area contributed by atoms with Crippen LogP contribution in [0.1, 0.15) is 13.3 Å². The molecule has 0 aliphatic carbocycles. The van der Waals surface area contributed by atoms with Crippen molar-refractivity contribution >= 4 is 5.69 Å². The lowest BCUT2D eigenvalue weighted by molar-refractivity contribution is 0.416. The molecule has 0 saturated heterocycles. The smallest absolute Gasteiger partial charge is 0.141 e. The van der Waals surface area contributed by atoms with Gasteiger partial charge in [-0.25, -0.2) is 0 Å². The number of hydrogen-bond donors (Lipinski definition) is 1. The SMILES string of the molecule is C=C(C)CCNc1ccccc1OC. The van der Waals surface area contributed by atoms with Gasteiger partial charge in [-0.3, -0.25) is 0 Å². The Balaban J connectivity index is 2.53. The van der Waals surface area contributed by atoms with E-state index < -0.39 is 0 Å². The van der Waals surface area contributed by atoms with Crippen LogP contribution in [0.4, 0.5) is 5.69 Å². The van der Waals surface area contributed by atoms with E-state index in [9.17, 15) is 0 Å². The molecule has 2 heteroatoms. The fraction of sp³-hybridized carbons (Fsp3) is 0.333. The molecule has 0 radical (unpaired) electrons. The van der Waals surface area contributed by atoms with Crippen molar-refractivity contribution in [2.24, 2.45) is 0 Å². The largest absolute Gasteiger partial charge is 0.495 e. The quantitative estimate of drug-likeness (QED) is 0.722. The molecule has 0 unspecified atom stereocenters. The second-order valence-electron chi connectivity index (χ2n) is 3.33. The average molecular weight is 191 g/mol. The molecule has 76 valence electrons. The van der Waals surface area contributed by atoms with Crippen LogP contribution in [-0.2, 0) is 0 Å². The molecule has 2 nitrogen and oxygen atoms in total. The lowest BCUT2D eigenvalue weighted by atomic mass is 10.2. The van der Waals surface area contributed by atoms with Gasteiger partial charge in [0.05, 0.1) is 12.8 Å². The number of anilines is 1. The topological polar surface area (TPSA) is 21.3 Å². The highest BCUT2D eigenvalue weighted by atomic mass is 16.5. The second-order valence-corrected chi connectivity index (χ2v) is 3.33. The number of methoxy groups -OCH3 is 1. The molecule has 0 aromatic heterocycles. The predicted molar refractivity (Wildman–Crippen MR) is 60.9 cm³/mol. The number of hydrogen-bond acceptors (Lipinski definition) is 2. The van der Waals surface area contributed by atoms with Crippen LogP contribution in [0, 0.1) is 0 Å². The van der Waals surface area contributed by atoms with Crippen LogP contribution in [0.3, 0.4) is 0 Å². The number of para-hydroxylation sites is 2. The molecule has 0 spiro atoms. The van der Waals surface area contributed by atoms with Gasteiger partial charge in [-0.15, -0.1) is 6.58 Å². The molecule has 0 bridgehead atoms. The first kappa shape index (κ1) is 10.6. The van der Waals surface area contributed by atoms with E-state index in [1.54, 1.807) is 7.11 Å². The minimum atomic E-state index is 0.884. The highest BCUT2D eigenvalue weighted by Gasteiger charge is 1.99. The third-order valence-corrected chi connectivity index (χ3v) is 1.97. The Bertz CT molecular complexity index is 307. The minimum absolute atomic E-state index is 0.884. The molecule has 1 aromatic carbocycles. The Morgan fingerprint density at radius 3 is 2.79 bits per heavy atom. The summed E-state index contributed by atoms with van der Waals surface area (Å²) in [4.78, 5) is 0. The number of ether oxygens (including phenoxy) is 1. The van der Waals surface area contributed by atoms with Crippen molar-refractivity contribution in [3.05, 3.63) is 36.4 Å². The second kappa shape index (κ2) is 5.32. The summed E-state index contributed by atoms with van der Waals surface area (Å²) in [5, 5.41) is 3.31. The van der Waals surface area contributed by atoms with E-state index in [-0.39, 0.29) is 0 Å². The average Bonchev–Trinajstić information content (AvgIpc) is 2.18. The van der Waals surface area contributed by atoms with Gasteiger partial charge in [0, 0.05) is 6.54 Å². The van der Waals surface area contributed by atoms with Crippen LogP contribution in [0.5, 0.6) is 5.75 Å². The fourth-order valence-electron chi connectivity index (χ4n) is 1.20. The van der Waals surface area contributed by atoms with E-state index >= 15 is 0 Å². The zero-order valence-corrected chi connectivity index (χ0v) is 8.84. The standard InChI is InChI=1S/C12H17NO/c1-10(2)8-9-13-11-6-4-5-7-12(11)14-3/h4-7,13H,1,8-9H2,2-3H3. The molecule has 0 saturated carbocycles. The van der Waals surface area contributed by atoms with Crippen LogP contribution in [-0.4, -0.2) is 13.7 Å². The number of nitrogens with one attached hydrogen (secondary N) is 1. The van der Waals surface area contributed by atoms with Crippen LogP contribution in [0.2, 0.25) is 0 Å². The molecule has 0 heterocycles. The fourth-order valence-corrected chi connectivity index (χ4v) is 1.20.